The summed E-state index contributed by atoms with van der Waals surface area (Å²) in [5, 5.41) is 10.4. The number of aliphatic hydroxyl groups is 1. The summed E-state index contributed by atoms with van der Waals surface area (Å²) in [6.45, 7) is 0.613. The second kappa shape index (κ2) is 4.42. The van der Waals surface area contributed by atoms with Crippen LogP contribution in [0.3, 0.4) is 0 Å². The number of anilines is 2. The van der Waals surface area contributed by atoms with Gasteiger partial charge in [-0.1, -0.05) is 12.8 Å². The number of nitrogens with two attached hydrogens (primary N) is 1. The molecule has 1 aliphatic carbocycles. The molecule has 1 aromatic heterocycles. The molecule has 0 radical (unpaired) electrons. The first kappa shape index (κ1) is 12.3. The lowest BCUT2D eigenvalue weighted by atomic mass is 10.0. The van der Waals surface area contributed by atoms with E-state index in [4.69, 9.17) is 5.73 Å². The Labute approximate surface area is 112 Å². The number of hydrogen-bond acceptors (Lipinski definition) is 4. The minimum absolute atomic E-state index is 0.563. The van der Waals surface area contributed by atoms with Gasteiger partial charge in [0, 0.05) is 19.3 Å². The van der Waals surface area contributed by atoms with Gasteiger partial charge in [0.25, 0.3) is 0 Å². The van der Waals surface area contributed by atoms with Crippen LogP contribution in [0.1, 0.15) is 25.7 Å². The number of nitrogen functional groups attached to an aromatic ring is 1. The Morgan fingerprint density at radius 1 is 1.42 bits per heavy atom. The normalized spacial score (nSPS) is 18.0. The highest BCUT2D eigenvalue weighted by molar-refractivity contribution is 5.80. The van der Waals surface area contributed by atoms with Gasteiger partial charge < -0.3 is 20.7 Å². The Morgan fingerprint density at radius 2 is 2.16 bits per heavy atom. The first-order valence-electron chi connectivity index (χ1n) is 6.75. The number of benzene rings is 1. The summed E-state index contributed by atoms with van der Waals surface area (Å²) in [5.74, 6) is 0.779. The number of likely N-dealkylation sites (N-methyl/N-ethyl adjacent to an activating group) is 1. The molecule has 0 spiro atoms. The van der Waals surface area contributed by atoms with Crippen molar-refractivity contribution in [1.29, 1.82) is 0 Å². The number of fused-ring (bicyclic) bond motifs is 1. The zero-order valence-corrected chi connectivity index (χ0v) is 11.2. The molecule has 2 aromatic rings. The lowest BCUT2D eigenvalue weighted by molar-refractivity contribution is 0.0557. The molecule has 1 heterocycles. The number of imidazole rings is 1. The quantitative estimate of drug-likeness (QED) is 0.736. The van der Waals surface area contributed by atoms with Gasteiger partial charge in [-0.25, -0.2) is 4.98 Å². The Balaban J connectivity index is 1.83. The molecule has 5 heteroatoms. The third-order valence-corrected chi connectivity index (χ3v) is 3.92. The molecule has 0 saturated heterocycles. The highest BCUT2D eigenvalue weighted by atomic mass is 16.3. The molecule has 0 atom stereocenters. The van der Waals surface area contributed by atoms with E-state index in [0.717, 1.165) is 48.4 Å². The molecule has 19 heavy (non-hydrogen) atoms. The lowest BCUT2D eigenvalue weighted by Gasteiger charge is -2.28. The maximum absolute atomic E-state index is 10.4. The van der Waals surface area contributed by atoms with Crippen LogP contribution in [-0.4, -0.2) is 34.3 Å². The number of hydrogen-bond donors (Lipinski definition) is 3. The molecule has 4 N–H and O–H groups in total. The standard InChI is InChI=1S/C14H20N4O/c1-18(9-14(19)6-2-3-7-14)13-16-11-5-4-10(15)8-12(11)17-13/h4-5,8,19H,2-3,6-7,9,15H2,1H3,(H,16,17). The summed E-state index contributed by atoms with van der Waals surface area (Å²) in [7, 11) is 1.96. The average molecular weight is 260 g/mol. The third-order valence-electron chi connectivity index (χ3n) is 3.92. The van der Waals surface area contributed by atoms with Gasteiger partial charge in [-0.2, -0.15) is 0 Å². The van der Waals surface area contributed by atoms with Gasteiger partial charge in [-0.15, -0.1) is 0 Å². The second-order valence-electron chi connectivity index (χ2n) is 5.62. The average Bonchev–Trinajstić information content (AvgIpc) is 2.95. The van der Waals surface area contributed by atoms with E-state index in [1.807, 2.05) is 30.1 Å². The van der Waals surface area contributed by atoms with E-state index in [2.05, 4.69) is 9.97 Å². The van der Waals surface area contributed by atoms with E-state index in [-0.39, 0.29) is 0 Å². The zero-order valence-electron chi connectivity index (χ0n) is 11.2. The second-order valence-corrected chi connectivity index (χ2v) is 5.62. The molecule has 0 unspecified atom stereocenters. The maximum atomic E-state index is 10.4. The van der Waals surface area contributed by atoms with Crippen molar-refractivity contribution in [2.45, 2.75) is 31.3 Å². The molecular weight excluding hydrogens is 240 g/mol. The lowest BCUT2D eigenvalue weighted by Crippen LogP contribution is -2.39. The van der Waals surface area contributed by atoms with E-state index in [9.17, 15) is 5.11 Å². The van der Waals surface area contributed by atoms with Crippen LogP contribution in [0.2, 0.25) is 0 Å². The van der Waals surface area contributed by atoms with Gasteiger partial charge in [0.2, 0.25) is 5.95 Å². The first-order chi connectivity index (χ1) is 9.06. The summed E-state index contributed by atoms with van der Waals surface area (Å²) in [5.41, 5.74) is 7.75. The summed E-state index contributed by atoms with van der Waals surface area (Å²) in [6.07, 6.45) is 3.98. The van der Waals surface area contributed by atoms with Crippen LogP contribution in [0.15, 0.2) is 18.2 Å². The molecule has 1 fully saturated rings. The van der Waals surface area contributed by atoms with Crippen LogP contribution in [0.4, 0.5) is 11.6 Å². The molecule has 1 saturated carbocycles. The van der Waals surface area contributed by atoms with Gasteiger partial charge >= 0.3 is 0 Å². The van der Waals surface area contributed by atoms with Crippen LogP contribution >= 0.6 is 0 Å². The maximum Gasteiger partial charge on any atom is 0.203 e. The SMILES string of the molecule is CN(CC1(O)CCCC1)c1nc2ccc(N)cc2[nH]1. The van der Waals surface area contributed by atoms with Crippen LogP contribution in [0.25, 0.3) is 11.0 Å². The number of nitrogens with zero attached hydrogens (tertiary/aromatic N) is 2. The van der Waals surface area contributed by atoms with E-state index in [0.29, 0.717) is 6.54 Å². The van der Waals surface area contributed by atoms with Crippen molar-refractivity contribution in [2.24, 2.45) is 0 Å². The first-order valence-corrected chi connectivity index (χ1v) is 6.75. The Bertz CT molecular complexity index is 586. The van der Waals surface area contributed by atoms with E-state index in [1.165, 1.54) is 0 Å². The number of aromatic amines is 1. The molecule has 102 valence electrons. The highest BCUT2D eigenvalue weighted by Crippen LogP contribution is 2.31. The van der Waals surface area contributed by atoms with Crippen LogP contribution < -0.4 is 10.6 Å². The summed E-state index contributed by atoms with van der Waals surface area (Å²) >= 11 is 0. The molecule has 0 amide bonds. The number of aromatic nitrogens is 2. The monoisotopic (exact) mass is 260 g/mol. The Hall–Kier alpha value is -1.75. The molecule has 1 aromatic carbocycles. The fraction of sp³-hybridized carbons (Fsp3) is 0.500. The predicted octanol–water partition coefficient (Wildman–Crippen LogP) is 1.89. The molecule has 1 aliphatic rings. The van der Waals surface area contributed by atoms with Gasteiger partial charge in [0.1, 0.15) is 0 Å². The fourth-order valence-electron chi connectivity index (χ4n) is 2.90. The molecular formula is C14H20N4O. The van der Waals surface area contributed by atoms with Gasteiger partial charge in [0.15, 0.2) is 0 Å². The third kappa shape index (κ3) is 2.38. The summed E-state index contributed by atoms with van der Waals surface area (Å²) in [6, 6.07) is 5.63. The van der Waals surface area contributed by atoms with Crippen molar-refractivity contribution >= 4 is 22.7 Å². The van der Waals surface area contributed by atoms with Crippen molar-refractivity contribution in [1.82, 2.24) is 9.97 Å². The molecule has 0 aliphatic heterocycles. The minimum Gasteiger partial charge on any atom is -0.399 e. The topological polar surface area (TPSA) is 78.2 Å². The summed E-state index contributed by atoms with van der Waals surface area (Å²) in [4.78, 5) is 9.77. The smallest absolute Gasteiger partial charge is 0.203 e. The predicted molar refractivity (Wildman–Crippen MR) is 77.2 cm³/mol. The van der Waals surface area contributed by atoms with E-state index >= 15 is 0 Å². The largest absolute Gasteiger partial charge is 0.399 e. The van der Waals surface area contributed by atoms with Crippen molar-refractivity contribution in [3.8, 4) is 0 Å². The van der Waals surface area contributed by atoms with Crippen LogP contribution in [0, 0.1) is 0 Å². The minimum atomic E-state index is -0.563. The summed E-state index contributed by atoms with van der Waals surface area (Å²) < 4.78 is 0. The number of nitrogens with one attached hydrogen (secondary N) is 1. The van der Waals surface area contributed by atoms with Crippen molar-refractivity contribution in [3.05, 3.63) is 18.2 Å². The van der Waals surface area contributed by atoms with Crippen LogP contribution in [-0.2, 0) is 0 Å². The van der Waals surface area contributed by atoms with Gasteiger partial charge in [-0.3, -0.25) is 0 Å². The molecule has 5 nitrogen and oxygen atoms in total. The highest BCUT2D eigenvalue weighted by Gasteiger charge is 2.32. The number of H-pyrrole nitrogens is 1. The van der Waals surface area contributed by atoms with E-state index in [1.54, 1.807) is 0 Å². The van der Waals surface area contributed by atoms with Crippen LogP contribution in [0.5, 0.6) is 0 Å². The van der Waals surface area contributed by atoms with Crippen molar-refractivity contribution in [2.75, 3.05) is 24.2 Å². The fourth-order valence-corrected chi connectivity index (χ4v) is 2.90. The van der Waals surface area contributed by atoms with Crippen molar-refractivity contribution in [3.63, 3.8) is 0 Å². The van der Waals surface area contributed by atoms with E-state index < -0.39 is 5.60 Å². The Kier molecular flexibility index (Phi) is 2.86. The Morgan fingerprint density at radius 3 is 2.89 bits per heavy atom. The van der Waals surface area contributed by atoms with Gasteiger partial charge in [-0.05, 0) is 31.0 Å². The molecule has 0 bridgehead atoms. The molecule has 3 rings (SSSR count). The zero-order chi connectivity index (χ0) is 13.5. The number of rotatable bonds is 3. The van der Waals surface area contributed by atoms with Gasteiger partial charge in [0.05, 0.1) is 16.6 Å². The van der Waals surface area contributed by atoms with Crippen molar-refractivity contribution < 1.29 is 5.11 Å².